The summed E-state index contributed by atoms with van der Waals surface area (Å²) < 4.78 is 10.5. The molecule has 1 N–H and O–H groups in total. The Labute approximate surface area is 122 Å². The minimum atomic E-state index is -0.360. The second-order valence-corrected chi connectivity index (χ2v) is 4.02. The first kappa shape index (κ1) is 14.5. The van der Waals surface area contributed by atoms with Crippen LogP contribution in [0.4, 0.5) is 0 Å². The number of hydrogen-bond acceptors (Lipinski definition) is 5. The number of carbonyl (C=O) groups is 1. The number of pyridine rings is 1. The average molecular weight is 285 g/mol. The van der Waals surface area contributed by atoms with E-state index in [2.05, 4.69) is 15.5 Å². The van der Waals surface area contributed by atoms with Crippen LogP contribution < -0.4 is 14.9 Å². The Morgan fingerprint density at radius 2 is 2.10 bits per heavy atom. The molecule has 0 unspecified atom stereocenters. The van der Waals surface area contributed by atoms with Crippen molar-refractivity contribution in [2.45, 2.75) is 0 Å². The van der Waals surface area contributed by atoms with Crippen LogP contribution >= 0.6 is 0 Å². The predicted molar refractivity (Wildman–Crippen MR) is 78.5 cm³/mol. The zero-order chi connectivity index (χ0) is 14.9. The highest BCUT2D eigenvalue weighted by Gasteiger charge is 2.05. The van der Waals surface area contributed by atoms with E-state index in [0.717, 1.165) is 5.56 Å². The van der Waals surface area contributed by atoms with Crippen LogP contribution in [-0.2, 0) is 4.79 Å². The van der Waals surface area contributed by atoms with Gasteiger partial charge in [-0.3, -0.25) is 9.78 Å². The van der Waals surface area contributed by atoms with E-state index < -0.39 is 0 Å². The Kier molecular flexibility index (Phi) is 5.28. The van der Waals surface area contributed by atoms with Gasteiger partial charge in [0.15, 0.2) is 18.1 Å². The van der Waals surface area contributed by atoms with E-state index in [-0.39, 0.29) is 12.5 Å². The third kappa shape index (κ3) is 4.61. The van der Waals surface area contributed by atoms with E-state index >= 15 is 0 Å². The van der Waals surface area contributed by atoms with Crippen molar-refractivity contribution in [2.75, 3.05) is 13.7 Å². The fraction of sp³-hybridized carbons (Fsp3) is 0.133. The number of ether oxygens (including phenoxy) is 2. The Morgan fingerprint density at radius 1 is 1.29 bits per heavy atom. The van der Waals surface area contributed by atoms with Gasteiger partial charge in [-0.25, -0.2) is 5.43 Å². The van der Waals surface area contributed by atoms with E-state index in [0.29, 0.717) is 11.5 Å². The molecule has 6 nitrogen and oxygen atoms in total. The number of carbonyl (C=O) groups excluding carboxylic acids is 1. The molecule has 6 heteroatoms. The molecule has 2 aromatic rings. The second kappa shape index (κ2) is 7.64. The summed E-state index contributed by atoms with van der Waals surface area (Å²) in [4.78, 5) is 15.5. The topological polar surface area (TPSA) is 72.8 Å². The number of methoxy groups -OCH3 is 1. The predicted octanol–water partition coefficient (Wildman–Crippen LogP) is 1.62. The minimum Gasteiger partial charge on any atom is -0.493 e. The average Bonchev–Trinajstić information content (AvgIpc) is 2.54. The van der Waals surface area contributed by atoms with Crippen LogP contribution in [0.1, 0.15) is 5.56 Å². The van der Waals surface area contributed by atoms with Crippen LogP contribution in [-0.4, -0.2) is 30.8 Å². The van der Waals surface area contributed by atoms with Crippen molar-refractivity contribution in [1.29, 1.82) is 0 Å². The number of para-hydroxylation sites is 2. The standard InChI is InChI=1S/C15H15N3O3/c1-20-13-6-2-3-7-14(13)21-11-15(19)18-17-10-12-5-4-8-16-9-12/h2-10H,11H2,1H3,(H,18,19). The lowest BCUT2D eigenvalue weighted by molar-refractivity contribution is -0.123. The molecule has 2 rings (SSSR count). The molecular weight excluding hydrogens is 270 g/mol. The van der Waals surface area contributed by atoms with Crippen molar-refractivity contribution in [3.05, 3.63) is 54.4 Å². The lowest BCUT2D eigenvalue weighted by Gasteiger charge is -2.09. The van der Waals surface area contributed by atoms with Crippen LogP contribution in [0.15, 0.2) is 53.9 Å². The maximum atomic E-state index is 11.6. The second-order valence-electron chi connectivity index (χ2n) is 4.02. The molecule has 0 radical (unpaired) electrons. The minimum absolute atomic E-state index is 0.148. The van der Waals surface area contributed by atoms with E-state index in [9.17, 15) is 4.79 Å². The van der Waals surface area contributed by atoms with Crippen molar-refractivity contribution in [2.24, 2.45) is 5.10 Å². The molecule has 0 aliphatic heterocycles. The van der Waals surface area contributed by atoms with Crippen LogP contribution in [0.5, 0.6) is 11.5 Å². The lowest BCUT2D eigenvalue weighted by atomic mass is 10.3. The highest BCUT2D eigenvalue weighted by molar-refractivity contribution is 5.82. The SMILES string of the molecule is COc1ccccc1OCC(=O)NN=Cc1cccnc1. The molecule has 1 aromatic carbocycles. The van der Waals surface area contributed by atoms with Gasteiger partial charge in [0.25, 0.3) is 5.91 Å². The van der Waals surface area contributed by atoms with Gasteiger partial charge in [0, 0.05) is 18.0 Å². The zero-order valence-corrected chi connectivity index (χ0v) is 11.5. The molecule has 1 amide bonds. The quantitative estimate of drug-likeness (QED) is 0.646. The number of rotatable bonds is 6. The Hall–Kier alpha value is -2.89. The highest BCUT2D eigenvalue weighted by atomic mass is 16.5. The van der Waals surface area contributed by atoms with Gasteiger partial charge in [-0.1, -0.05) is 18.2 Å². The molecule has 0 spiro atoms. The first-order valence-electron chi connectivity index (χ1n) is 6.27. The number of nitrogens with zero attached hydrogens (tertiary/aromatic N) is 2. The molecule has 0 fully saturated rings. The summed E-state index contributed by atoms with van der Waals surface area (Å²) in [6.07, 6.45) is 4.81. The van der Waals surface area contributed by atoms with Gasteiger partial charge in [-0.15, -0.1) is 0 Å². The van der Waals surface area contributed by atoms with Crippen LogP contribution in [0.25, 0.3) is 0 Å². The molecule has 108 valence electrons. The lowest BCUT2D eigenvalue weighted by Crippen LogP contribution is -2.24. The highest BCUT2D eigenvalue weighted by Crippen LogP contribution is 2.25. The molecule has 0 saturated heterocycles. The number of benzene rings is 1. The molecule has 1 heterocycles. The van der Waals surface area contributed by atoms with E-state index in [4.69, 9.17) is 9.47 Å². The zero-order valence-electron chi connectivity index (χ0n) is 11.5. The summed E-state index contributed by atoms with van der Waals surface area (Å²) in [5.41, 5.74) is 3.17. The molecule has 21 heavy (non-hydrogen) atoms. The molecular formula is C15H15N3O3. The molecule has 0 aliphatic rings. The van der Waals surface area contributed by atoms with E-state index in [1.54, 1.807) is 43.8 Å². The summed E-state index contributed by atoms with van der Waals surface area (Å²) in [5, 5.41) is 3.82. The third-order valence-electron chi connectivity index (χ3n) is 2.52. The van der Waals surface area contributed by atoms with Crippen LogP contribution in [0.3, 0.4) is 0 Å². The fourth-order valence-electron chi connectivity index (χ4n) is 1.54. The van der Waals surface area contributed by atoms with Gasteiger partial charge in [0.2, 0.25) is 0 Å². The number of aromatic nitrogens is 1. The van der Waals surface area contributed by atoms with Crippen molar-refractivity contribution in [3.63, 3.8) is 0 Å². The fourth-order valence-corrected chi connectivity index (χ4v) is 1.54. The van der Waals surface area contributed by atoms with E-state index in [1.165, 1.54) is 6.21 Å². The van der Waals surface area contributed by atoms with Gasteiger partial charge in [0.05, 0.1) is 13.3 Å². The Balaban J connectivity index is 1.81. The molecule has 0 saturated carbocycles. The number of hydrazone groups is 1. The van der Waals surface area contributed by atoms with Crippen molar-refractivity contribution in [1.82, 2.24) is 10.4 Å². The summed E-state index contributed by atoms with van der Waals surface area (Å²) in [5.74, 6) is 0.719. The molecule has 1 aromatic heterocycles. The molecule has 0 aliphatic carbocycles. The maximum Gasteiger partial charge on any atom is 0.277 e. The number of nitrogens with one attached hydrogen (secondary N) is 1. The van der Waals surface area contributed by atoms with Crippen molar-refractivity contribution >= 4 is 12.1 Å². The molecule has 0 atom stereocenters. The number of amides is 1. The summed E-state index contributed by atoms with van der Waals surface area (Å²) in [6.45, 7) is -0.148. The monoisotopic (exact) mass is 285 g/mol. The summed E-state index contributed by atoms with van der Waals surface area (Å²) >= 11 is 0. The van der Waals surface area contributed by atoms with Crippen LogP contribution in [0, 0.1) is 0 Å². The van der Waals surface area contributed by atoms with Gasteiger partial charge in [-0.05, 0) is 18.2 Å². The normalized spacial score (nSPS) is 10.3. The molecule has 0 bridgehead atoms. The first-order chi connectivity index (χ1) is 10.3. The van der Waals surface area contributed by atoms with Crippen LogP contribution in [0.2, 0.25) is 0 Å². The Bertz CT molecular complexity index is 615. The van der Waals surface area contributed by atoms with Crippen molar-refractivity contribution in [3.8, 4) is 11.5 Å². The summed E-state index contributed by atoms with van der Waals surface area (Å²) in [6, 6.07) is 10.7. The van der Waals surface area contributed by atoms with Crippen molar-refractivity contribution < 1.29 is 14.3 Å². The maximum absolute atomic E-state index is 11.6. The smallest absolute Gasteiger partial charge is 0.277 e. The third-order valence-corrected chi connectivity index (χ3v) is 2.52. The van der Waals surface area contributed by atoms with Gasteiger partial charge >= 0.3 is 0 Å². The number of hydrogen-bond donors (Lipinski definition) is 1. The first-order valence-corrected chi connectivity index (χ1v) is 6.27. The largest absolute Gasteiger partial charge is 0.493 e. The Morgan fingerprint density at radius 3 is 2.81 bits per heavy atom. The van der Waals surface area contributed by atoms with Gasteiger partial charge in [0.1, 0.15) is 0 Å². The van der Waals surface area contributed by atoms with Gasteiger partial charge < -0.3 is 9.47 Å². The van der Waals surface area contributed by atoms with E-state index in [1.807, 2.05) is 12.1 Å². The summed E-state index contributed by atoms with van der Waals surface area (Å²) in [7, 11) is 1.54. The van der Waals surface area contributed by atoms with Gasteiger partial charge in [-0.2, -0.15) is 5.10 Å².